The molecule has 2 aromatic rings. The van der Waals surface area contributed by atoms with Crippen LogP contribution in [0.1, 0.15) is 30.5 Å². The van der Waals surface area contributed by atoms with Crippen LogP contribution in [-0.2, 0) is 28.7 Å². The summed E-state index contributed by atoms with van der Waals surface area (Å²) in [5.41, 5.74) is 6.04. The lowest BCUT2D eigenvalue weighted by atomic mass is 9.97. The van der Waals surface area contributed by atoms with Crippen molar-refractivity contribution in [1.29, 1.82) is 0 Å². The molecule has 0 radical (unpaired) electrons. The van der Waals surface area contributed by atoms with Crippen LogP contribution in [0.4, 0.5) is 13.2 Å². The molecule has 34 heavy (non-hydrogen) atoms. The van der Waals surface area contributed by atoms with E-state index < -0.39 is 46.5 Å². The van der Waals surface area contributed by atoms with Gasteiger partial charge in [0.1, 0.15) is 12.1 Å². The van der Waals surface area contributed by atoms with E-state index in [0.29, 0.717) is 0 Å². The van der Waals surface area contributed by atoms with Crippen molar-refractivity contribution in [3.8, 4) is 0 Å². The van der Waals surface area contributed by atoms with E-state index in [9.17, 15) is 27.9 Å². The minimum absolute atomic E-state index is 0.0744. The molecule has 4 N–H and O–H groups in total. The first-order valence-electron chi connectivity index (χ1n) is 10.8. The Morgan fingerprint density at radius 2 is 1.79 bits per heavy atom. The van der Waals surface area contributed by atoms with Crippen molar-refractivity contribution < 1.29 is 27.9 Å². The number of hydrogen-bond donors (Lipinski definition) is 3. The number of rotatable bonds is 7. The second-order valence-corrected chi connectivity index (χ2v) is 10.4. The number of hydrogen-bond acceptors (Lipinski definition) is 5. The summed E-state index contributed by atoms with van der Waals surface area (Å²) < 4.78 is 39.1. The molecule has 0 saturated carbocycles. The number of nitrogens with zero attached hydrogens (tertiary/aromatic N) is 1. The van der Waals surface area contributed by atoms with Gasteiger partial charge in [0.2, 0.25) is 5.91 Å². The fourth-order valence-electron chi connectivity index (χ4n) is 3.99. The van der Waals surface area contributed by atoms with Crippen molar-refractivity contribution in [3.63, 3.8) is 0 Å². The molecule has 3 unspecified atom stereocenters. The van der Waals surface area contributed by atoms with E-state index in [0.717, 1.165) is 11.6 Å². The smallest absolute Gasteiger partial charge is 0.382 e. The summed E-state index contributed by atoms with van der Waals surface area (Å²) in [6.07, 6.45) is -5.82. The third kappa shape index (κ3) is 5.92. The van der Waals surface area contributed by atoms with Gasteiger partial charge in [0, 0.05) is 17.3 Å². The maximum absolute atomic E-state index is 13.3. The highest BCUT2D eigenvalue weighted by atomic mass is 32.2. The monoisotopic (exact) mass is 495 g/mol. The largest absolute Gasteiger partial charge is 0.416 e. The molecule has 0 spiro atoms. The molecule has 1 saturated heterocycles. The summed E-state index contributed by atoms with van der Waals surface area (Å²) in [6.45, 7) is 3.20. The Hall–Kier alpha value is -2.56. The van der Waals surface area contributed by atoms with Crippen LogP contribution in [-0.4, -0.2) is 50.6 Å². The number of thioether (sulfide) groups is 1. The molecule has 0 bridgehead atoms. The second-order valence-electron chi connectivity index (χ2n) is 8.76. The number of carbonyl (C=O) groups is 2. The number of benzene rings is 2. The topological polar surface area (TPSA) is 95.7 Å². The molecular weight excluding hydrogens is 467 g/mol. The van der Waals surface area contributed by atoms with Gasteiger partial charge in [0.15, 0.2) is 0 Å². The molecule has 3 atom stereocenters. The van der Waals surface area contributed by atoms with Gasteiger partial charge in [-0.05, 0) is 37.5 Å². The minimum Gasteiger partial charge on any atom is -0.382 e. The SMILES string of the molecule is CC1(C)SCN(C(=O)C(O)C(N)Cc2ccccc2)C1C(=O)NCc1ccccc1C(F)(F)F. The summed E-state index contributed by atoms with van der Waals surface area (Å²) in [4.78, 5) is 27.4. The predicted molar refractivity (Wildman–Crippen MR) is 125 cm³/mol. The third-order valence-electron chi connectivity index (χ3n) is 5.83. The van der Waals surface area contributed by atoms with Crippen molar-refractivity contribution in [2.75, 3.05) is 5.88 Å². The normalized spacial score (nSPS) is 19.5. The van der Waals surface area contributed by atoms with Gasteiger partial charge >= 0.3 is 6.18 Å². The first-order chi connectivity index (χ1) is 15.9. The zero-order chi connectivity index (χ0) is 25.1. The van der Waals surface area contributed by atoms with Gasteiger partial charge in [0.05, 0.1) is 11.4 Å². The van der Waals surface area contributed by atoms with E-state index in [2.05, 4.69) is 5.32 Å². The van der Waals surface area contributed by atoms with Crippen LogP contribution in [0.2, 0.25) is 0 Å². The Balaban J connectivity index is 1.72. The van der Waals surface area contributed by atoms with Gasteiger partial charge in [-0.15, -0.1) is 11.8 Å². The minimum atomic E-state index is -4.55. The van der Waals surface area contributed by atoms with Crippen LogP contribution in [0.3, 0.4) is 0 Å². The van der Waals surface area contributed by atoms with E-state index in [1.54, 1.807) is 13.8 Å². The van der Waals surface area contributed by atoms with Crippen molar-refractivity contribution in [2.45, 2.75) is 55.9 Å². The summed E-state index contributed by atoms with van der Waals surface area (Å²) in [6, 6.07) is 12.3. The number of carbonyl (C=O) groups excluding carboxylic acids is 2. The van der Waals surface area contributed by atoms with Crippen LogP contribution in [0.15, 0.2) is 54.6 Å². The van der Waals surface area contributed by atoms with Gasteiger partial charge < -0.3 is 21.1 Å². The highest BCUT2D eigenvalue weighted by Gasteiger charge is 2.49. The second kappa shape index (κ2) is 10.4. The van der Waals surface area contributed by atoms with Gasteiger partial charge in [-0.1, -0.05) is 48.5 Å². The fourth-order valence-corrected chi connectivity index (χ4v) is 5.13. The van der Waals surface area contributed by atoms with Crippen molar-refractivity contribution in [1.82, 2.24) is 10.2 Å². The van der Waals surface area contributed by atoms with Gasteiger partial charge in [0.25, 0.3) is 5.91 Å². The first kappa shape index (κ1) is 26.1. The number of amides is 2. The Morgan fingerprint density at radius 1 is 1.18 bits per heavy atom. The Bertz CT molecular complexity index is 1020. The maximum atomic E-state index is 13.3. The number of alkyl halides is 3. The van der Waals surface area contributed by atoms with Crippen LogP contribution < -0.4 is 11.1 Å². The van der Waals surface area contributed by atoms with Gasteiger partial charge in [-0.3, -0.25) is 9.59 Å². The highest BCUT2D eigenvalue weighted by Crippen LogP contribution is 2.40. The number of nitrogens with two attached hydrogens (primary N) is 1. The third-order valence-corrected chi connectivity index (χ3v) is 7.20. The molecule has 2 aromatic carbocycles. The lowest BCUT2D eigenvalue weighted by Gasteiger charge is -2.32. The predicted octanol–water partition coefficient (Wildman–Crippen LogP) is 2.93. The van der Waals surface area contributed by atoms with Gasteiger partial charge in [-0.2, -0.15) is 13.2 Å². The molecule has 10 heteroatoms. The average Bonchev–Trinajstić information content (AvgIpc) is 3.11. The van der Waals surface area contributed by atoms with E-state index in [-0.39, 0.29) is 24.4 Å². The Morgan fingerprint density at radius 3 is 2.44 bits per heavy atom. The zero-order valence-electron chi connectivity index (χ0n) is 18.9. The molecule has 0 aromatic heterocycles. The van der Waals surface area contributed by atoms with E-state index in [1.807, 2.05) is 30.3 Å². The Kier molecular flexibility index (Phi) is 7.95. The molecule has 2 amide bonds. The molecule has 6 nitrogen and oxygen atoms in total. The summed E-state index contributed by atoms with van der Waals surface area (Å²) in [7, 11) is 0. The molecule has 1 heterocycles. The standard InChI is InChI=1S/C24H28F3N3O3S/c1-23(2)20(21(32)29-13-16-10-6-7-11-17(16)24(25,26)27)30(14-34-23)22(33)19(31)18(28)12-15-8-4-3-5-9-15/h3-11,18-20,31H,12-14,28H2,1-2H3,(H,29,32). The summed E-state index contributed by atoms with van der Waals surface area (Å²) >= 11 is 1.35. The van der Waals surface area contributed by atoms with Gasteiger partial charge in [-0.25, -0.2) is 0 Å². The van der Waals surface area contributed by atoms with Crippen LogP contribution in [0, 0.1) is 0 Å². The number of aliphatic hydroxyl groups excluding tert-OH is 1. The zero-order valence-corrected chi connectivity index (χ0v) is 19.7. The number of aliphatic hydroxyl groups is 1. The van der Waals surface area contributed by atoms with E-state index >= 15 is 0 Å². The van der Waals surface area contributed by atoms with Crippen molar-refractivity contribution in [3.05, 3.63) is 71.3 Å². The quantitative estimate of drug-likeness (QED) is 0.549. The fraction of sp³-hybridized carbons (Fsp3) is 0.417. The van der Waals surface area contributed by atoms with Crippen LogP contribution in [0.25, 0.3) is 0 Å². The molecule has 3 rings (SSSR count). The summed E-state index contributed by atoms with van der Waals surface area (Å²) in [5.74, 6) is -1.13. The average molecular weight is 496 g/mol. The lowest BCUT2D eigenvalue weighted by Crippen LogP contribution is -2.57. The highest BCUT2D eigenvalue weighted by molar-refractivity contribution is 8.00. The number of halogens is 3. The lowest BCUT2D eigenvalue weighted by molar-refractivity contribution is -0.147. The van der Waals surface area contributed by atoms with E-state index in [1.165, 1.54) is 34.9 Å². The maximum Gasteiger partial charge on any atom is 0.416 e. The summed E-state index contributed by atoms with van der Waals surface area (Å²) in [5, 5.41) is 13.2. The van der Waals surface area contributed by atoms with Crippen LogP contribution in [0.5, 0.6) is 0 Å². The van der Waals surface area contributed by atoms with E-state index in [4.69, 9.17) is 5.73 Å². The molecule has 1 aliphatic heterocycles. The van der Waals surface area contributed by atoms with Crippen LogP contribution >= 0.6 is 11.8 Å². The number of nitrogens with one attached hydrogen (secondary N) is 1. The molecule has 184 valence electrons. The van der Waals surface area contributed by atoms with Crippen molar-refractivity contribution >= 4 is 23.6 Å². The molecular formula is C24H28F3N3O3S. The first-order valence-corrected chi connectivity index (χ1v) is 11.7. The molecule has 1 aliphatic rings. The Labute approximate surface area is 200 Å². The van der Waals surface area contributed by atoms with Crippen molar-refractivity contribution in [2.24, 2.45) is 5.73 Å². The molecule has 0 aliphatic carbocycles. The molecule has 1 fully saturated rings.